The van der Waals surface area contributed by atoms with Crippen molar-refractivity contribution in [2.24, 2.45) is 10.8 Å². The molecule has 2 N–H and O–H groups in total. The van der Waals surface area contributed by atoms with Gasteiger partial charge in [-0.25, -0.2) is 15.0 Å². The number of aryl methyl sites for hydroxylation is 2. The van der Waals surface area contributed by atoms with Crippen molar-refractivity contribution in [1.29, 1.82) is 0 Å². The molecule has 98 valence electrons. The Balaban J connectivity index is 1.93. The highest BCUT2D eigenvalue weighted by atomic mass is 32.1. The van der Waals surface area contributed by atoms with Gasteiger partial charge >= 0.3 is 0 Å². The second-order valence-corrected chi connectivity index (χ2v) is 6.14. The molecule has 5 nitrogen and oxygen atoms in total. The van der Waals surface area contributed by atoms with Gasteiger partial charge in [0.05, 0.1) is 11.9 Å². The van der Waals surface area contributed by atoms with Crippen LogP contribution in [0.3, 0.4) is 0 Å². The Labute approximate surface area is 115 Å². The number of amidine groups is 1. The average Bonchev–Trinajstić information content (AvgIpc) is 3.01. The fourth-order valence-electron chi connectivity index (χ4n) is 2.90. The number of aromatic nitrogens is 2. The zero-order valence-corrected chi connectivity index (χ0v) is 11.4. The van der Waals surface area contributed by atoms with Crippen LogP contribution in [-0.2, 0) is 12.8 Å². The molecule has 2 aromatic rings. The molecule has 0 unspecified atom stereocenters. The summed E-state index contributed by atoms with van der Waals surface area (Å²) in [5.74, 6) is 1.63. The molecule has 4 rings (SSSR count). The summed E-state index contributed by atoms with van der Waals surface area (Å²) in [6, 6.07) is 0. The maximum atomic E-state index is 5.79. The fraction of sp³-hybridized carbons (Fsp3) is 0.462. The standard InChI is InChI=1S/C13H15N5S/c14-10-5-6-18(17-10)12-11-8-3-1-2-4-9(8)19-13(11)16-7-15-12/h7H,1-6H2,(H2,14,17). The van der Waals surface area contributed by atoms with Gasteiger partial charge in [-0.3, -0.25) is 0 Å². The number of thiophene rings is 1. The third-order valence-electron chi connectivity index (χ3n) is 3.80. The Morgan fingerprint density at radius 3 is 2.89 bits per heavy atom. The number of hydrogen-bond donors (Lipinski definition) is 1. The molecule has 0 saturated carbocycles. The van der Waals surface area contributed by atoms with E-state index in [4.69, 9.17) is 5.73 Å². The fourth-order valence-corrected chi connectivity index (χ4v) is 4.12. The first-order valence-corrected chi connectivity index (χ1v) is 7.50. The number of hydrogen-bond acceptors (Lipinski definition) is 6. The molecule has 0 aromatic carbocycles. The lowest BCUT2D eigenvalue weighted by atomic mass is 9.97. The van der Waals surface area contributed by atoms with Crippen LogP contribution < -0.4 is 10.7 Å². The molecule has 1 aliphatic heterocycles. The van der Waals surface area contributed by atoms with E-state index in [9.17, 15) is 0 Å². The quantitative estimate of drug-likeness (QED) is 0.863. The van der Waals surface area contributed by atoms with Crippen molar-refractivity contribution >= 4 is 33.2 Å². The van der Waals surface area contributed by atoms with Crippen molar-refractivity contribution < 1.29 is 0 Å². The minimum Gasteiger partial charge on any atom is -0.386 e. The van der Waals surface area contributed by atoms with Crippen molar-refractivity contribution in [3.63, 3.8) is 0 Å². The van der Waals surface area contributed by atoms with Crippen LogP contribution in [0.2, 0.25) is 0 Å². The van der Waals surface area contributed by atoms with E-state index in [1.54, 1.807) is 6.33 Å². The number of nitrogens with two attached hydrogens (primary N) is 1. The van der Waals surface area contributed by atoms with Crippen LogP contribution in [0.1, 0.15) is 29.7 Å². The van der Waals surface area contributed by atoms with Gasteiger partial charge in [-0.1, -0.05) is 0 Å². The van der Waals surface area contributed by atoms with E-state index in [2.05, 4.69) is 15.1 Å². The van der Waals surface area contributed by atoms with Gasteiger partial charge in [-0.15, -0.1) is 11.3 Å². The Kier molecular flexibility index (Phi) is 2.44. The first kappa shape index (κ1) is 11.2. The summed E-state index contributed by atoms with van der Waals surface area (Å²) in [6.07, 6.45) is 7.33. The third-order valence-corrected chi connectivity index (χ3v) is 5.00. The number of rotatable bonds is 1. The Morgan fingerprint density at radius 1 is 1.16 bits per heavy atom. The molecule has 0 fully saturated rings. The minimum absolute atomic E-state index is 0.691. The van der Waals surface area contributed by atoms with Crippen molar-refractivity contribution in [3.05, 3.63) is 16.8 Å². The smallest absolute Gasteiger partial charge is 0.161 e. The summed E-state index contributed by atoms with van der Waals surface area (Å²) in [6.45, 7) is 0.822. The van der Waals surface area contributed by atoms with Crippen molar-refractivity contribution in [3.8, 4) is 0 Å². The average molecular weight is 273 g/mol. The SMILES string of the molecule is NC1=NN(c2ncnc3sc4c(c23)CCCC4)CC1. The molecule has 0 bridgehead atoms. The summed E-state index contributed by atoms with van der Waals surface area (Å²) < 4.78 is 0. The second-order valence-electron chi connectivity index (χ2n) is 5.05. The predicted octanol–water partition coefficient (Wildman–Crippen LogP) is 2.05. The van der Waals surface area contributed by atoms with Gasteiger partial charge in [0.15, 0.2) is 5.82 Å². The molecule has 19 heavy (non-hydrogen) atoms. The van der Waals surface area contributed by atoms with Crippen LogP contribution >= 0.6 is 11.3 Å². The van der Waals surface area contributed by atoms with Gasteiger partial charge in [-0.05, 0) is 31.2 Å². The topological polar surface area (TPSA) is 67.4 Å². The molecule has 0 amide bonds. The first-order chi connectivity index (χ1) is 9.33. The molecular weight excluding hydrogens is 258 g/mol. The maximum Gasteiger partial charge on any atom is 0.161 e. The van der Waals surface area contributed by atoms with E-state index in [1.807, 2.05) is 16.3 Å². The summed E-state index contributed by atoms with van der Waals surface area (Å²) in [5.41, 5.74) is 7.23. The van der Waals surface area contributed by atoms with Crippen LogP contribution in [0.4, 0.5) is 5.82 Å². The molecule has 0 radical (unpaired) electrons. The van der Waals surface area contributed by atoms with Gasteiger partial charge < -0.3 is 5.73 Å². The molecular formula is C13H15N5S. The predicted molar refractivity (Wildman–Crippen MR) is 77.6 cm³/mol. The van der Waals surface area contributed by atoms with E-state index in [1.165, 1.54) is 35.1 Å². The van der Waals surface area contributed by atoms with Gasteiger partial charge in [0.2, 0.25) is 0 Å². The highest BCUT2D eigenvalue weighted by molar-refractivity contribution is 7.19. The molecule has 3 heterocycles. The molecule has 2 aliphatic rings. The van der Waals surface area contributed by atoms with E-state index in [0.29, 0.717) is 5.84 Å². The van der Waals surface area contributed by atoms with Crippen LogP contribution in [0.15, 0.2) is 11.4 Å². The van der Waals surface area contributed by atoms with Crippen molar-refractivity contribution in [2.45, 2.75) is 32.1 Å². The monoisotopic (exact) mass is 273 g/mol. The normalized spacial score (nSPS) is 18.7. The second kappa shape index (κ2) is 4.16. The van der Waals surface area contributed by atoms with Crippen molar-refractivity contribution in [2.75, 3.05) is 11.6 Å². The minimum atomic E-state index is 0.691. The van der Waals surface area contributed by atoms with Gasteiger partial charge in [0, 0.05) is 11.3 Å². The van der Waals surface area contributed by atoms with Crippen LogP contribution in [0.5, 0.6) is 0 Å². The lowest BCUT2D eigenvalue weighted by Gasteiger charge is -2.15. The Bertz CT molecular complexity index is 675. The van der Waals surface area contributed by atoms with E-state index in [-0.39, 0.29) is 0 Å². The maximum absolute atomic E-state index is 5.79. The summed E-state index contributed by atoms with van der Waals surface area (Å²) in [7, 11) is 0. The van der Waals surface area contributed by atoms with Crippen LogP contribution in [-0.4, -0.2) is 22.3 Å². The first-order valence-electron chi connectivity index (χ1n) is 6.68. The van der Waals surface area contributed by atoms with Gasteiger partial charge in [0.25, 0.3) is 0 Å². The Hall–Kier alpha value is -1.69. The number of nitrogens with zero attached hydrogens (tertiary/aromatic N) is 4. The van der Waals surface area contributed by atoms with Crippen LogP contribution in [0.25, 0.3) is 10.2 Å². The number of fused-ring (bicyclic) bond motifs is 3. The number of anilines is 1. The lowest BCUT2D eigenvalue weighted by molar-refractivity contribution is 0.700. The molecule has 6 heteroatoms. The molecule has 1 aliphatic carbocycles. The zero-order valence-electron chi connectivity index (χ0n) is 10.6. The van der Waals surface area contributed by atoms with Gasteiger partial charge in [0.1, 0.15) is 17.0 Å². The Morgan fingerprint density at radius 2 is 2.05 bits per heavy atom. The largest absolute Gasteiger partial charge is 0.386 e. The molecule has 0 saturated heterocycles. The summed E-state index contributed by atoms with van der Waals surface area (Å²) in [5, 5.41) is 7.52. The summed E-state index contributed by atoms with van der Waals surface area (Å²) in [4.78, 5) is 11.5. The number of hydrazone groups is 1. The highest BCUT2D eigenvalue weighted by Gasteiger charge is 2.24. The zero-order chi connectivity index (χ0) is 12.8. The third kappa shape index (κ3) is 1.70. The molecule has 0 spiro atoms. The summed E-state index contributed by atoms with van der Waals surface area (Å²) >= 11 is 1.82. The highest BCUT2D eigenvalue weighted by Crippen LogP contribution is 2.39. The van der Waals surface area contributed by atoms with Crippen molar-refractivity contribution in [1.82, 2.24) is 9.97 Å². The lowest BCUT2D eigenvalue weighted by Crippen LogP contribution is -2.14. The molecule has 0 atom stereocenters. The van der Waals surface area contributed by atoms with E-state index >= 15 is 0 Å². The van der Waals surface area contributed by atoms with Gasteiger partial charge in [-0.2, -0.15) is 5.10 Å². The van der Waals surface area contributed by atoms with E-state index in [0.717, 1.165) is 30.0 Å². The molecule has 2 aromatic heterocycles. The van der Waals surface area contributed by atoms with E-state index < -0.39 is 0 Å². The van der Waals surface area contributed by atoms with Crippen LogP contribution in [0, 0.1) is 0 Å².